The molecule has 2 atom stereocenters. The molecular weight excluding hydrogens is 280 g/mol. The van der Waals surface area contributed by atoms with Gasteiger partial charge in [0.25, 0.3) is 0 Å². The Morgan fingerprint density at radius 3 is 2.52 bits per heavy atom. The minimum absolute atomic E-state index is 0.256. The molecule has 118 valence electrons. The lowest BCUT2D eigenvalue weighted by Crippen LogP contribution is -2.33. The molecule has 2 aromatic rings. The second-order valence-corrected chi connectivity index (χ2v) is 7.18. The molecule has 3 rings (SSSR count). The van der Waals surface area contributed by atoms with Gasteiger partial charge in [0, 0.05) is 12.1 Å². The van der Waals surface area contributed by atoms with E-state index in [4.69, 9.17) is 5.26 Å². The summed E-state index contributed by atoms with van der Waals surface area (Å²) in [4.78, 5) is 0. The lowest BCUT2D eigenvalue weighted by Gasteiger charge is -2.38. The van der Waals surface area contributed by atoms with Gasteiger partial charge in [-0.3, -0.25) is 0 Å². The molecule has 0 saturated carbocycles. The van der Waals surface area contributed by atoms with E-state index in [1.807, 2.05) is 12.1 Å². The number of benzene rings is 2. The first-order chi connectivity index (χ1) is 11.0. The molecule has 2 aromatic carbocycles. The molecule has 0 saturated heterocycles. The molecule has 0 amide bonds. The van der Waals surface area contributed by atoms with E-state index < -0.39 is 0 Å². The van der Waals surface area contributed by atoms with Crippen LogP contribution in [-0.4, -0.2) is 0 Å². The molecule has 2 heteroatoms. The van der Waals surface area contributed by atoms with Crippen molar-refractivity contribution in [3.63, 3.8) is 0 Å². The van der Waals surface area contributed by atoms with Crippen LogP contribution in [-0.2, 0) is 5.41 Å². The van der Waals surface area contributed by atoms with Gasteiger partial charge in [0.2, 0.25) is 0 Å². The van der Waals surface area contributed by atoms with Gasteiger partial charge in [0.15, 0.2) is 0 Å². The van der Waals surface area contributed by atoms with Crippen molar-refractivity contribution in [2.75, 3.05) is 0 Å². The predicted octanol–water partition coefficient (Wildman–Crippen LogP) is 5.02. The summed E-state index contributed by atoms with van der Waals surface area (Å²) < 4.78 is 0. The Labute approximate surface area is 139 Å². The van der Waals surface area contributed by atoms with E-state index >= 15 is 0 Å². The number of fused-ring (bicyclic) bond motifs is 1. The molecule has 23 heavy (non-hydrogen) atoms. The summed E-state index contributed by atoms with van der Waals surface area (Å²) >= 11 is 0. The van der Waals surface area contributed by atoms with Crippen LogP contribution >= 0.6 is 0 Å². The quantitative estimate of drug-likeness (QED) is 0.864. The van der Waals surface area contributed by atoms with Gasteiger partial charge < -0.3 is 5.32 Å². The van der Waals surface area contributed by atoms with Crippen molar-refractivity contribution in [3.8, 4) is 6.07 Å². The molecule has 0 aromatic heterocycles. The van der Waals surface area contributed by atoms with Gasteiger partial charge in [-0.05, 0) is 54.0 Å². The zero-order valence-corrected chi connectivity index (χ0v) is 14.1. The van der Waals surface area contributed by atoms with Crippen molar-refractivity contribution in [2.45, 2.75) is 51.1 Å². The number of hydrogen-bond donors (Lipinski definition) is 1. The normalized spacial score (nSPS) is 20.3. The third kappa shape index (κ3) is 3.16. The van der Waals surface area contributed by atoms with Crippen molar-refractivity contribution in [3.05, 3.63) is 70.8 Å². The second kappa shape index (κ2) is 6.18. The molecule has 0 radical (unpaired) electrons. The van der Waals surface area contributed by atoms with Crippen LogP contribution in [0.1, 0.15) is 68.0 Å². The van der Waals surface area contributed by atoms with Crippen LogP contribution in [0.4, 0.5) is 0 Å². The van der Waals surface area contributed by atoms with Crippen molar-refractivity contribution >= 4 is 0 Å². The third-order valence-corrected chi connectivity index (χ3v) is 5.11. The Morgan fingerprint density at radius 2 is 1.83 bits per heavy atom. The van der Waals surface area contributed by atoms with Crippen LogP contribution < -0.4 is 5.32 Å². The van der Waals surface area contributed by atoms with E-state index in [9.17, 15) is 0 Å². The van der Waals surface area contributed by atoms with Crippen LogP contribution in [0.15, 0.2) is 48.5 Å². The first kappa shape index (κ1) is 15.8. The lowest BCUT2D eigenvalue weighted by molar-refractivity contribution is 0.340. The van der Waals surface area contributed by atoms with Crippen LogP contribution in [0.5, 0.6) is 0 Å². The molecule has 1 aliphatic carbocycles. The van der Waals surface area contributed by atoms with Crippen molar-refractivity contribution in [1.29, 1.82) is 5.26 Å². The zero-order valence-electron chi connectivity index (χ0n) is 14.1. The minimum atomic E-state index is 0.256. The number of hydrogen-bond acceptors (Lipinski definition) is 2. The highest BCUT2D eigenvalue weighted by Crippen LogP contribution is 2.42. The Morgan fingerprint density at radius 1 is 1.13 bits per heavy atom. The van der Waals surface area contributed by atoms with Crippen molar-refractivity contribution in [2.24, 2.45) is 0 Å². The fraction of sp³-hybridized carbons (Fsp3) is 0.381. The second-order valence-electron chi connectivity index (χ2n) is 7.18. The average molecular weight is 304 g/mol. The van der Waals surface area contributed by atoms with Gasteiger partial charge in [0.1, 0.15) is 0 Å². The van der Waals surface area contributed by atoms with Crippen molar-refractivity contribution < 1.29 is 0 Å². The Bertz CT molecular complexity index is 722. The molecule has 0 spiro atoms. The molecule has 2 unspecified atom stereocenters. The molecular formula is C21H24N2. The van der Waals surface area contributed by atoms with Gasteiger partial charge in [-0.15, -0.1) is 0 Å². The summed E-state index contributed by atoms with van der Waals surface area (Å²) in [6.45, 7) is 6.88. The molecule has 1 aliphatic rings. The van der Waals surface area contributed by atoms with Gasteiger partial charge >= 0.3 is 0 Å². The zero-order chi connectivity index (χ0) is 16.4. The molecule has 1 N–H and O–H groups in total. The summed E-state index contributed by atoms with van der Waals surface area (Å²) in [5.74, 6) is 0. The summed E-state index contributed by atoms with van der Waals surface area (Å²) in [5.41, 5.74) is 5.10. The van der Waals surface area contributed by atoms with Gasteiger partial charge in [0.05, 0.1) is 11.6 Å². The highest BCUT2D eigenvalue weighted by atomic mass is 14.9. The topological polar surface area (TPSA) is 35.8 Å². The van der Waals surface area contributed by atoms with Crippen molar-refractivity contribution in [1.82, 2.24) is 5.32 Å². The first-order valence-electron chi connectivity index (χ1n) is 8.37. The van der Waals surface area contributed by atoms with E-state index in [2.05, 4.69) is 68.6 Å². The average Bonchev–Trinajstić information content (AvgIpc) is 2.58. The monoisotopic (exact) mass is 304 g/mol. The largest absolute Gasteiger partial charge is 0.303 e. The van der Waals surface area contributed by atoms with E-state index in [1.165, 1.54) is 23.1 Å². The fourth-order valence-corrected chi connectivity index (χ4v) is 3.63. The van der Waals surface area contributed by atoms with Gasteiger partial charge in [-0.1, -0.05) is 50.2 Å². The van der Waals surface area contributed by atoms with Crippen LogP contribution in [0.3, 0.4) is 0 Å². The van der Waals surface area contributed by atoms with E-state index in [1.54, 1.807) is 0 Å². The standard InChI is InChI=1S/C21H24N2/c1-15(17-10-8-16(14-22)9-11-17)23-20-12-13-21(2,3)19-7-5-4-6-18(19)20/h4-11,15,20,23H,12-13H2,1-3H3. The SMILES string of the molecule is CC(NC1CCC(C)(C)c2ccccc21)c1ccc(C#N)cc1. The minimum Gasteiger partial charge on any atom is -0.303 e. The molecule has 0 heterocycles. The lowest BCUT2D eigenvalue weighted by atomic mass is 9.71. The van der Waals surface area contributed by atoms with Crippen LogP contribution in [0.25, 0.3) is 0 Å². The molecule has 0 fully saturated rings. The fourth-order valence-electron chi connectivity index (χ4n) is 3.63. The smallest absolute Gasteiger partial charge is 0.0991 e. The summed E-state index contributed by atoms with van der Waals surface area (Å²) in [6, 6.07) is 19.5. The number of rotatable bonds is 3. The maximum Gasteiger partial charge on any atom is 0.0991 e. The van der Waals surface area contributed by atoms with E-state index in [0.717, 1.165) is 6.42 Å². The highest BCUT2D eigenvalue weighted by Gasteiger charge is 2.32. The maximum absolute atomic E-state index is 8.92. The molecule has 0 bridgehead atoms. The Balaban J connectivity index is 1.81. The van der Waals surface area contributed by atoms with E-state index in [0.29, 0.717) is 11.6 Å². The van der Waals surface area contributed by atoms with Crippen LogP contribution in [0.2, 0.25) is 0 Å². The first-order valence-corrected chi connectivity index (χ1v) is 8.37. The van der Waals surface area contributed by atoms with Gasteiger partial charge in [-0.2, -0.15) is 5.26 Å². The number of nitriles is 1. The summed E-state index contributed by atoms with van der Waals surface area (Å²) in [6.07, 6.45) is 2.35. The van der Waals surface area contributed by atoms with E-state index in [-0.39, 0.29) is 11.5 Å². The third-order valence-electron chi connectivity index (χ3n) is 5.11. The maximum atomic E-state index is 8.92. The number of nitrogens with one attached hydrogen (secondary N) is 1. The molecule has 0 aliphatic heterocycles. The Kier molecular flexibility index (Phi) is 4.24. The predicted molar refractivity (Wildman–Crippen MR) is 94.2 cm³/mol. The highest BCUT2D eigenvalue weighted by molar-refractivity contribution is 5.38. The number of nitrogens with zero attached hydrogens (tertiary/aromatic N) is 1. The summed E-state index contributed by atoms with van der Waals surface area (Å²) in [5, 5.41) is 12.7. The molecule has 2 nitrogen and oxygen atoms in total. The summed E-state index contributed by atoms with van der Waals surface area (Å²) in [7, 11) is 0. The Hall–Kier alpha value is -2.11. The van der Waals surface area contributed by atoms with Crippen LogP contribution in [0, 0.1) is 11.3 Å². The van der Waals surface area contributed by atoms with Gasteiger partial charge in [-0.25, -0.2) is 0 Å².